The highest BCUT2D eigenvalue weighted by Gasteiger charge is 2.23. The molecule has 3 N–H and O–H groups in total. The molecule has 0 saturated heterocycles. The molecule has 7 nitrogen and oxygen atoms in total. The van der Waals surface area contributed by atoms with E-state index in [1.165, 1.54) is 13.0 Å². The summed E-state index contributed by atoms with van der Waals surface area (Å²) in [5.41, 5.74) is 5.27. The lowest BCUT2D eigenvalue weighted by Gasteiger charge is -2.09. The van der Waals surface area contributed by atoms with Crippen LogP contribution in [0.1, 0.15) is 12.0 Å². The molecule has 1 aromatic rings. The first-order chi connectivity index (χ1) is 8.79. The summed E-state index contributed by atoms with van der Waals surface area (Å²) in [5, 5.41) is 10.8. The van der Waals surface area contributed by atoms with E-state index in [1.807, 2.05) is 0 Å². The van der Waals surface area contributed by atoms with Gasteiger partial charge in [-0.1, -0.05) is 11.6 Å². The third-order valence-corrected chi connectivity index (χ3v) is 4.34. The number of nitrogens with zero attached hydrogens (tertiary/aromatic N) is 1. The second-order valence-corrected chi connectivity index (χ2v) is 6.01. The van der Waals surface area contributed by atoms with Crippen molar-refractivity contribution < 1.29 is 13.3 Å². The van der Waals surface area contributed by atoms with Gasteiger partial charge in [0.05, 0.1) is 9.95 Å². The zero-order chi connectivity index (χ0) is 14.6. The van der Waals surface area contributed by atoms with Crippen molar-refractivity contribution in [2.75, 3.05) is 13.1 Å². The summed E-state index contributed by atoms with van der Waals surface area (Å²) in [6, 6.07) is 2.22. The Kier molecular flexibility index (Phi) is 7.39. The zero-order valence-electron chi connectivity index (χ0n) is 10.6. The van der Waals surface area contributed by atoms with Crippen LogP contribution in [0.5, 0.6) is 0 Å². The summed E-state index contributed by atoms with van der Waals surface area (Å²) in [6.07, 6.45) is 0.463. The van der Waals surface area contributed by atoms with Gasteiger partial charge in [-0.2, -0.15) is 0 Å². The third kappa shape index (κ3) is 4.57. The molecule has 0 aliphatic carbocycles. The second-order valence-electron chi connectivity index (χ2n) is 3.87. The number of rotatable bonds is 6. The molecule has 1 rings (SSSR count). The zero-order valence-corrected chi connectivity index (χ0v) is 13.0. The van der Waals surface area contributed by atoms with E-state index in [-0.39, 0.29) is 34.6 Å². The fourth-order valence-electron chi connectivity index (χ4n) is 1.43. The minimum Gasteiger partial charge on any atom is -0.330 e. The first-order valence-corrected chi connectivity index (χ1v) is 7.30. The van der Waals surface area contributed by atoms with Crippen LogP contribution in [0, 0.1) is 17.0 Å². The highest BCUT2D eigenvalue weighted by molar-refractivity contribution is 7.89. The molecule has 10 heteroatoms. The van der Waals surface area contributed by atoms with Crippen LogP contribution in [0.4, 0.5) is 5.69 Å². The molecule has 0 unspecified atom stereocenters. The molecule has 0 heterocycles. The van der Waals surface area contributed by atoms with E-state index in [0.717, 1.165) is 6.07 Å². The van der Waals surface area contributed by atoms with Crippen molar-refractivity contribution in [1.29, 1.82) is 0 Å². The van der Waals surface area contributed by atoms with E-state index in [4.69, 9.17) is 17.3 Å². The van der Waals surface area contributed by atoms with E-state index in [0.29, 0.717) is 18.5 Å². The van der Waals surface area contributed by atoms with Gasteiger partial charge in [0, 0.05) is 18.2 Å². The van der Waals surface area contributed by atoms with Crippen LogP contribution in [-0.2, 0) is 10.0 Å². The lowest BCUT2D eigenvalue weighted by Crippen LogP contribution is -2.26. The first kappa shape index (κ1) is 19.1. The summed E-state index contributed by atoms with van der Waals surface area (Å²) in [5.74, 6) is 0. The minimum absolute atomic E-state index is 0. The molecule has 0 fully saturated rings. The molecule has 1 aromatic carbocycles. The SMILES string of the molecule is Cc1cc(Cl)c(S(=O)(=O)NCCCN)cc1[N+](=O)[O-].Cl. The lowest BCUT2D eigenvalue weighted by atomic mass is 10.2. The van der Waals surface area contributed by atoms with Gasteiger partial charge < -0.3 is 5.73 Å². The molecule has 0 aliphatic heterocycles. The summed E-state index contributed by atoms with van der Waals surface area (Å²) in [7, 11) is -3.88. The Bertz CT molecular complexity index is 592. The number of halogens is 2. The average molecular weight is 344 g/mol. The highest BCUT2D eigenvalue weighted by Crippen LogP contribution is 2.29. The largest absolute Gasteiger partial charge is 0.330 e. The number of nitrogens with one attached hydrogen (secondary N) is 1. The van der Waals surface area contributed by atoms with Crippen LogP contribution in [0.25, 0.3) is 0 Å². The number of hydrogen-bond donors (Lipinski definition) is 2. The van der Waals surface area contributed by atoms with Crippen molar-refractivity contribution in [2.24, 2.45) is 5.73 Å². The van der Waals surface area contributed by atoms with Gasteiger partial charge in [0.15, 0.2) is 0 Å². The Balaban J connectivity index is 0.00000361. The Hall–Kier alpha value is -0.930. The molecule has 114 valence electrons. The monoisotopic (exact) mass is 343 g/mol. The minimum atomic E-state index is -3.88. The van der Waals surface area contributed by atoms with E-state index in [2.05, 4.69) is 4.72 Å². The smallest absolute Gasteiger partial charge is 0.273 e. The predicted molar refractivity (Wildman–Crippen MR) is 79.0 cm³/mol. The maximum absolute atomic E-state index is 12.0. The van der Waals surface area contributed by atoms with Gasteiger partial charge >= 0.3 is 0 Å². The first-order valence-electron chi connectivity index (χ1n) is 5.44. The molecule has 0 amide bonds. The molecular weight excluding hydrogens is 329 g/mol. The van der Waals surface area contributed by atoms with Crippen LogP contribution in [-0.4, -0.2) is 26.4 Å². The summed E-state index contributed by atoms with van der Waals surface area (Å²) in [6.45, 7) is 1.98. The number of sulfonamides is 1. The Morgan fingerprint density at radius 2 is 2.05 bits per heavy atom. The van der Waals surface area contributed by atoms with E-state index in [9.17, 15) is 18.5 Å². The van der Waals surface area contributed by atoms with Crippen molar-refractivity contribution in [1.82, 2.24) is 4.72 Å². The van der Waals surface area contributed by atoms with E-state index < -0.39 is 14.9 Å². The van der Waals surface area contributed by atoms with E-state index >= 15 is 0 Å². The maximum Gasteiger partial charge on any atom is 0.273 e. The fourth-order valence-corrected chi connectivity index (χ4v) is 3.11. The van der Waals surface area contributed by atoms with Gasteiger partial charge in [-0.3, -0.25) is 10.1 Å². The van der Waals surface area contributed by atoms with Crippen LogP contribution in [0.2, 0.25) is 5.02 Å². The highest BCUT2D eigenvalue weighted by atomic mass is 35.5. The van der Waals surface area contributed by atoms with Gasteiger partial charge in [0.2, 0.25) is 10.0 Å². The molecular formula is C10H15Cl2N3O4S. The lowest BCUT2D eigenvalue weighted by molar-refractivity contribution is -0.385. The summed E-state index contributed by atoms with van der Waals surface area (Å²) < 4.78 is 26.2. The molecule has 0 saturated carbocycles. The number of hydrogen-bond acceptors (Lipinski definition) is 5. The summed E-state index contributed by atoms with van der Waals surface area (Å²) >= 11 is 5.84. The van der Waals surface area contributed by atoms with Gasteiger partial charge in [0.25, 0.3) is 5.69 Å². The molecule has 20 heavy (non-hydrogen) atoms. The van der Waals surface area contributed by atoms with E-state index in [1.54, 1.807) is 0 Å². The van der Waals surface area contributed by atoms with Gasteiger partial charge in [-0.15, -0.1) is 12.4 Å². The van der Waals surface area contributed by atoms with Crippen molar-refractivity contribution in [2.45, 2.75) is 18.2 Å². The van der Waals surface area contributed by atoms with Crippen LogP contribution in [0.15, 0.2) is 17.0 Å². The quantitative estimate of drug-likeness (QED) is 0.462. The van der Waals surface area contributed by atoms with Gasteiger partial charge in [0.1, 0.15) is 4.90 Å². The normalized spacial score (nSPS) is 10.9. The summed E-state index contributed by atoms with van der Waals surface area (Å²) in [4.78, 5) is 9.85. The van der Waals surface area contributed by atoms with Crippen LogP contribution < -0.4 is 10.5 Å². The van der Waals surface area contributed by atoms with Crippen LogP contribution in [0.3, 0.4) is 0 Å². The van der Waals surface area contributed by atoms with Crippen molar-refractivity contribution in [3.63, 3.8) is 0 Å². The molecule has 0 radical (unpaired) electrons. The topological polar surface area (TPSA) is 115 Å². The maximum atomic E-state index is 12.0. The molecule has 0 atom stereocenters. The van der Waals surface area contributed by atoms with Gasteiger partial charge in [-0.05, 0) is 26.0 Å². The molecule has 0 aliphatic rings. The van der Waals surface area contributed by atoms with Crippen molar-refractivity contribution >= 4 is 39.7 Å². The van der Waals surface area contributed by atoms with Crippen LogP contribution >= 0.6 is 24.0 Å². The predicted octanol–water partition coefficient (Wildman–Crippen LogP) is 1.61. The number of benzene rings is 1. The molecule has 0 spiro atoms. The Morgan fingerprint density at radius 3 is 2.55 bits per heavy atom. The third-order valence-electron chi connectivity index (χ3n) is 2.41. The number of aryl methyl sites for hydroxylation is 1. The number of nitro benzene ring substituents is 1. The Labute approximate surface area is 128 Å². The van der Waals surface area contributed by atoms with Gasteiger partial charge in [-0.25, -0.2) is 13.1 Å². The second kappa shape index (κ2) is 7.75. The molecule has 0 bridgehead atoms. The Morgan fingerprint density at radius 1 is 1.45 bits per heavy atom. The standard InChI is InChI=1S/C10H14ClN3O4S.ClH/c1-7-5-8(11)10(6-9(7)14(15)16)19(17,18)13-4-2-3-12;/h5-6,13H,2-4,12H2,1H3;1H. The number of nitro groups is 1. The average Bonchev–Trinajstić information content (AvgIpc) is 2.28. The van der Waals surface area contributed by atoms with Crippen molar-refractivity contribution in [3.05, 3.63) is 32.8 Å². The fraction of sp³-hybridized carbons (Fsp3) is 0.400. The van der Waals surface area contributed by atoms with Crippen molar-refractivity contribution in [3.8, 4) is 0 Å². The number of nitrogens with two attached hydrogens (primary N) is 1. The molecule has 0 aromatic heterocycles.